The molecule has 4 nitrogen and oxygen atoms in total. The lowest BCUT2D eigenvalue weighted by atomic mass is 10.4. The number of hydrogen-bond donors (Lipinski definition) is 3. The highest BCUT2D eigenvalue weighted by Gasteiger charge is 1.95. The van der Waals surface area contributed by atoms with Crippen LogP contribution < -0.4 is 16.6 Å². The average Bonchev–Trinajstić information content (AvgIpc) is 2.21. The van der Waals surface area contributed by atoms with Crippen LogP contribution in [0.5, 0.6) is 0 Å². The number of rotatable bonds is 1. The molecular weight excluding hydrogens is 220 g/mol. The second kappa shape index (κ2) is 7.49. The first-order valence-electron chi connectivity index (χ1n) is 4.11. The number of nitrogens with one attached hydrogen (secondary N) is 2. The van der Waals surface area contributed by atoms with Gasteiger partial charge in [0.15, 0.2) is 5.11 Å². The van der Waals surface area contributed by atoms with Crippen molar-refractivity contribution in [2.45, 2.75) is 13.8 Å². The van der Waals surface area contributed by atoms with Crippen LogP contribution in [0.25, 0.3) is 0 Å². The Balaban J connectivity index is 0.000000791. The van der Waals surface area contributed by atoms with E-state index in [-0.39, 0.29) is 0 Å². The molecule has 78 valence electrons. The van der Waals surface area contributed by atoms with Gasteiger partial charge in [-0.25, -0.2) is 10.8 Å². The van der Waals surface area contributed by atoms with Gasteiger partial charge in [-0.2, -0.15) is 0 Å². The molecule has 0 saturated carbocycles. The van der Waals surface area contributed by atoms with Crippen LogP contribution in [0.1, 0.15) is 13.8 Å². The predicted octanol–water partition coefficient (Wildman–Crippen LogP) is 1.92. The first kappa shape index (κ1) is 13.1. The average molecular weight is 233 g/mol. The highest BCUT2D eigenvalue weighted by Crippen LogP contribution is 2.11. The third-order valence-corrected chi connectivity index (χ3v) is 1.54. The molecule has 14 heavy (non-hydrogen) atoms. The summed E-state index contributed by atoms with van der Waals surface area (Å²) >= 11 is 10.4. The molecule has 0 aliphatic heterocycles. The van der Waals surface area contributed by atoms with Crippen molar-refractivity contribution in [2.75, 3.05) is 5.32 Å². The van der Waals surface area contributed by atoms with Crippen LogP contribution in [-0.4, -0.2) is 10.1 Å². The summed E-state index contributed by atoms with van der Waals surface area (Å²) in [6.07, 6.45) is 1.57. The summed E-state index contributed by atoms with van der Waals surface area (Å²) in [5.74, 6) is 5.06. The zero-order valence-corrected chi connectivity index (χ0v) is 9.62. The fourth-order valence-electron chi connectivity index (χ4n) is 0.647. The fraction of sp³-hybridized carbons (Fsp3) is 0.250. The normalized spacial score (nSPS) is 8.29. The summed E-state index contributed by atoms with van der Waals surface area (Å²) < 4.78 is 0. The topological polar surface area (TPSA) is 63.0 Å². The van der Waals surface area contributed by atoms with Crippen LogP contribution in [0.2, 0.25) is 5.15 Å². The minimum atomic E-state index is 0.331. The van der Waals surface area contributed by atoms with E-state index in [4.69, 9.17) is 29.7 Å². The number of halogens is 1. The monoisotopic (exact) mass is 232 g/mol. The van der Waals surface area contributed by atoms with Gasteiger partial charge in [0.2, 0.25) is 0 Å². The maximum absolute atomic E-state index is 5.63. The van der Waals surface area contributed by atoms with Crippen molar-refractivity contribution in [2.24, 2.45) is 5.84 Å². The van der Waals surface area contributed by atoms with Crippen LogP contribution in [-0.2, 0) is 0 Å². The van der Waals surface area contributed by atoms with Gasteiger partial charge in [-0.3, -0.25) is 0 Å². The van der Waals surface area contributed by atoms with Crippen LogP contribution in [0.15, 0.2) is 18.3 Å². The SMILES string of the molecule is CC.NNC(=S)Nc1ccnc(Cl)c1. The van der Waals surface area contributed by atoms with Gasteiger partial charge in [-0.1, -0.05) is 25.4 Å². The van der Waals surface area contributed by atoms with Crippen molar-refractivity contribution in [1.29, 1.82) is 0 Å². The lowest BCUT2D eigenvalue weighted by Gasteiger charge is -2.05. The molecule has 1 heterocycles. The van der Waals surface area contributed by atoms with Gasteiger partial charge in [0, 0.05) is 11.9 Å². The number of hydrogen-bond acceptors (Lipinski definition) is 3. The smallest absolute Gasteiger partial charge is 0.185 e. The summed E-state index contributed by atoms with van der Waals surface area (Å²) in [5.41, 5.74) is 3.04. The summed E-state index contributed by atoms with van der Waals surface area (Å²) in [4.78, 5) is 3.80. The minimum Gasteiger partial charge on any atom is -0.332 e. The maximum atomic E-state index is 5.63. The van der Waals surface area contributed by atoms with E-state index in [9.17, 15) is 0 Å². The second-order valence-electron chi connectivity index (χ2n) is 1.97. The summed E-state index contributed by atoms with van der Waals surface area (Å²) in [6.45, 7) is 4.00. The van der Waals surface area contributed by atoms with Crippen LogP contribution in [0.3, 0.4) is 0 Å². The van der Waals surface area contributed by atoms with Gasteiger partial charge < -0.3 is 10.7 Å². The molecule has 0 aromatic carbocycles. The Bertz CT molecular complexity index is 292. The largest absolute Gasteiger partial charge is 0.332 e. The van der Waals surface area contributed by atoms with E-state index in [1.807, 2.05) is 13.8 Å². The quantitative estimate of drug-likeness (QED) is 0.299. The molecule has 0 spiro atoms. The van der Waals surface area contributed by atoms with Crippen LogP contribution in [0, 0.1) is 0 Å². The predicted molar refractivity (Wildman–Crippen MR) is 64.1 cm³/mol. The molecule has 0 fully saturated rings. The van der Waals surface area contributed by atoms with E-state index in [1.54, 1.807) is 18.3 Å². The van der Waals surface area contributed by atoms with E-state index in [0.717, 1.165) is 5.69 Å². The van der Waals surface area contributed by atoms with E-state index in [0.29, 0.717) is 10.3 Å². The number of aromatic nitrogens is 1. The van der Waals surface area contributed by atoms with Gasteiger partial charge in [0.1, 0.15) is 5.15 Å². The third-order valence-electron chi connectivity index (χ3n) is 1.12. The van der Waals surface area contributed by atoms with Crippen molar-refractivity contribution in [3.63, 3.8) is 0 Å². The standard InChI is InChI=1S/C6H7ClN4S.C2H6/c7-5-3-4(1-2-9-5)10-6(12)11-8;1-2/h1-3H,8H2,(H2,9,10,11,12);1-2H3. The molecule has 0 bridgehead atoms. The molecule has 1 aromatic heterocycles. The first-order chi connectivity index (χ1) is 6.72. The molecule has 6 heteroatoms. The Labute approximate surface area is 93.8 Å². The summed E-state index contributed by atoms with van der Waals surface area (Å²) in [7, 11) is 0. The lowest BCUT2D eigenvalue weighted by molar-refractivity contribution is 1.04. The van der Waals surface area contributed by atoms with E-state index < -0.39 is 0 Å². The van der Waals surface area contributed by atoms with Crippen molar-refractivity contribution in [3.05, 3.63) is 23.5 Å². The second-order valence-corrected chi connectivity index (χ2v) is 2.76. The Hall–Kier alpha value is -0.910. The Kier molecular flexibility index (Phi) is 7.00. The maximum Gasteiger partial charge on any atom is 0.185 e. The van der Waals surface area contributed by atoms with Crippen molar-refractivity contribution in [3.8, 4) is 0 Å². The van der Waals surface area contributed by atoms with Crippen molar-refractivity contribution in [1.82, 2.24) is 10.4 Å². The highest BCUT2D eigenvalue weighted by atomic mass is 35.5. The fourth-order valence-corrected chi connectivity index (χ4v) is 0.939. The highest BCUT2D eigenvalue weighted by molar-refractivity contribution is 7.80. The molecule has 0 amide bonds. The lowest BCUT2D eigenvalue weighted by Crippen LogP contribution is -2.34. The molecular formula is C8H13ClN4S. The van der Waals surface area contributed by atoms with E-state index >= 15 is 0 Å². The van der Waals surface area contributed by atoms with Gasteiger partial charge in [0.05, 0.1) is 0 Å². The van der Waals surface area contributed by atoms with Gasteiger partial charge in [0.25, 0.3) is 0 Å². The Morgan fingerprint density at radius 1 is 1.57 bits per heavy atom. The van der Waals surface area contributed by atoms with E-state index in [1.165, 1.54) is 0 Å². The molecule has 0 aliphatic rings. The summed E-state index contributed by atoms with van der Waals surface area (Å²) in [5, 5.41) is 3.54. The van der Waals surface area contributed by atoms with Gasteiger partial charge in [-0.15, -0.1) is 0 Å². The van der Waals surface area contributed by atoms with Crippen molar-refractivity contribution < 1.29 is 0 Å². The van der Waals surface area contributed by atoms with Crippen LogP contribution >= 0.6 is 23.8 Å². The molecule has 4 N–H and O–H groups in total. The zero-order valence-electron chi connectivity index (χ0n) is 8.04. The van der Waals surface area contributed by atoms with E-state index in [2.05, 4.69) is 15.7 Å². The molecule has 0 saturated heterocycles. The number of hydrazine groups is 1. The molecule has 0 radical (unpaired) electrons. The number of thiocarbonyl (C=S) groups is 1. The number of pyridine rings is 1. The third kappa shape index (κ3) is 4.96. The van der Waals surface area contributed by atoms with Gasteiger partial charge in [-0.05, 0) is 24.4 Å². The molecule has 1 aromatic rings. The molecule has 0 aliphatic carbocycles. The zero-order chi connectivity index (χ0) is 11.0. The Morgan fingerprint density at radius 3 is 2.71 bits per heavy atom. The van der Waals surface area contributed by atoms with Crippen LogP contribution in [0.4, 0.5) is 5.69 Å². The molecule has 0 unspecified atom stereocenters. The minimum absolute atomic E-state index is 0.331. The molecule has 0 atom stereocenters. The van der Waals surface area contributed by atoms with Gasteiger partial charge >= 0.3 is 0 Å². The molecule has 1 rings (SSSR count). The van der Waals surface area contributed by atoms with Crippen molar-refractivity contribution >= 4 is 34.6 Å². The number of anilines is 1. The Morgan fingerprint density at radius 2 is 2.21 bits per heavy atom. The summed E-state index contributed by atoms with van der Waals surface area (Å²) in [6, 6.07) is 3.38. The first-order valence-corrected chi connectivity index (χ1v) is 4.90. The number of nitrogens with zero attached hydrogens (tertiary/aromatic N) is 1. The number of nitrogens with two attached hydrogens (primary N) is 1.